The quantitative estimate of drug-likeness (QED) is 0.166. The van der Waals surface area contributed by atoms with Crippen LogP contribution in [-0.4, -0.2) is 0 Å². The third-order valence-corrected chi connectivity index (χ3v) is 14.3. The largest absolute Gasteiger partial charge is 0.453 e. The summed E-state index contributed by atoms with van der Waals surface area (Å²) in [6.45, 7) is 0. The van der Waals surface area contributed by atoms with Crippen molar-refractivity contribution < 1.29 is 4.42 Å². The molecule has 12 aromatic rings. The van der Waals surface area contributed by atoms with Crippen LogP contribution in [0.1, 0.15) is 22.3 Å². The second-order valence-corrected chi connectivity index (χ2v) is 17.4. The van der Waals surface area contributed by atoms with Crippen molar-refractivity contribution >= 4 is 81.3 Å². The summed E-state index contributed by atoms with van der Waals surface area (Å²) in [5, 5.41) is 7.08. The van der Waals surface area contributed by atoms with Crippen LogP contribution in [0.25, 0.3) is 75.1 Å². The van der Waals surface area contributed by atoms with Crippen molar-refractivity contribution in [2.75, 3.05) is 4.90 Å². The zero-order valence-corrected chi connectivity index (χ0v) is 34.4. The van der Waals surface area contributed by atoms with Crippen LogP contribution < -0.4 is 4.90 Å². The Morgan fingerprint density at radius 3 is 1.87 bits per heavy atom. The van der Waals surface area contributed by atoms with Gasteiger partial charge in [-0.3, -0.25) is 0 Å². The van der Waals surface area contributed by atoms with E-state index in [0.29, 0.717) is 0 Å². The van der Waals surface area contributed by atoms with E-state index in [2.05, 4.69) is 229 Å². The number of hydrogen-bond donors (Lipinski definition) is 0. The highest BCUT2D eigenvalue weighted by Crippen LogP contribution is 2.57. The summed E-state index contributed by atoms with van der Waals surface area (Å²) >= 11 is 1.86. The first-order chi connectivity index (χ1) is 30.8. The Hall–Kier alpha value is -7.72. The molecule has 1 aliphatic rings. The Balaban J connectivity index is 1.08. The monoisotopic (exact) mass is 807 g/mol. The maximum atomic E-state index is 7.09. The van der Waals surface area contributed by atoms with Crippen molar-refractivity contribution in [1.29, 1.82) is 0 Å². The van der Waals surface area contributed by atoms with Crippen LogP contribution in [0.2, 0.25) is 0 Å². The van der Waals surface area contributed by atoms with Gasteiger partial charge in [0.25, 0.3) is 0 Å². The van der Waals surface area contributed by atoms with E-state index in [1.807, 2.05) is 11.3 Å². The van der Waals surface area contributed by atoms with Crippen LogP contribution in [0.15, 0.2) is 229 Å². The van der Waals surface area contributed by atoms with E-state index in [9.17, 15) is 0 Å². The number of hydrogen-bond acceptors (Lipinski definition) is 3. The summed E-state index contributed by atoms with van der Waals surface area (Å²) in [5.74, 6) is 0. The smallest absolute Gasteiger partial charge is 0.159 e. The molecule has 0 spiro atoms. The van der Waals surface area contributed by atoms with E-state index < -0.39 is 5.41 Å². The molecule has 0 saturated carbocycles. The van der Waals surface area contributed by atoms with Crippen molar-refractivity contribution in [2.24, 2.45) is 0 Å². The molecule has 0 fully saturated rings. The molecule has 2 aromatic heterocycles. The lowest BCUT2D eigenvalue weighted by atomic mass is 9.68. The number of benzene rings is 10. The fraction of sp³-hybridized carbons (Fsp3) is 0.0169. The molecular weight excluding hydrogens is 771 g/mol. The molecule has 10 aromatic carbocycles. The van der Waals surface area contributed by atoms with Gasteiger partial charge in [-0.1, -0.05) is 176 Å². The first kappa shape index (κ1) is 35.1. The number of nitrogens with zero attached hydrogens (tertiary/aromatic N) is 1. The molecule has 13 rings (SSSR count). The molecule has 0 unspecified atom stereocenters. The van der Waals surface area contributed by atoms with E-state index in [1.54, 1.807) is 0 Å². The summed E-state index contributed by atoms with van der Waals surface area (Å²) in [6.07, 6.45) is 0. The van der Waals surface area contributed by atoms with Crippen LogP contribution in [0.3, 0.4) is 0 Å². The van der Waals surface area contributed by atoms with Gasteiger partial charge in [-0.25, -0.2) is 0 Å². The molecule has 0 amide bonds. The lowest BCUT2D eigenvalue weighted by molar-refractivity contribution is 0.673. The maximum absolute atomic E-state index is 7.09. The Morgan fingerprint density at radius 1 is 0.387 bits per heavy atom. The third-order valence-electron chi connectivity index (χ3n) is 13.1. The second-order valence-electron chi connectivity index (χ2n) is 16.3. The van der Waals surface area contributed by atoms with Crippen LogP contribution in [0, 0.1) is 0 Å². The molecule has 0 radical (unpaired) electrons. The minimum Gasteiger partial charge on any atom is -0.453 e. The minimum atomic E-state index is -0.487. The van der Waals surface area contributed by atoms with Gasteiger partial charge in [0.05, 0.1) is 11.1 Å². The SMILES string of the molecule is c1ccc(C2(c3ccccc3)c3ccccc3-c3cc(N(c4cccc(-c5cccc6sc7ccccc7c56)c4)c4cccc5c4oc4c6ccccc6ccc54)ccc32)cc1. The van der Waals surface area contributed by atoms with Gasteiger partial charge in [0.2, 0.25) is 0 Å². The number of fused-ring (bicyclic) bond motifs is 11. The van der Waals surface area contributed by atoms with Crippen molar-refractivity contribution in [3.8, 4) is 22.3 Å². The molecule has 0 atom stereocenters. The number of rotatable bonds is 6. The zero-order chi connectivity index (χ0) is 40.8. The van der Waals surface area contributed by atoms with Crippen molar-refractivity contribution in [3.63, 3.8) is 0 Å². The number of furan rings is 1. The van der Waals surface area contributed by atoms with Crippen LogP contribution in [-0.2, 0) is 5.41 Å². The highest BCUT2D eigenvalue weighted by molar-refractivity contribution is 7.25. The number of para-hydroxylation sites is 1. The lowest BCUT2D eigenvalue weighted by Crippen LogP contribution is -2.28. The summed E-state index contributed by atoms with van der Waals surface area (Å²) in [6, 6.07) is 82.2. The number of anilines is 3. The summed E-state index contributed by atoms with van der Waals surface area (Å²) in [4.78, 5) is 2.41. The van der Waals surface area contributed by atoms with Gasteiger partial charge < -0.3 is 9.32 Å². The van der Waals surface area contributed by atoms with Gasteiger partial charge in [0, 0.05) is 47.7 Å². The molecule has 0 N–H and O–H groups in total. The van der Waals surface area contributed by atoms with Gasteiger partial charge in [0.15, 0.2) is 5.58 Å². The zero-order valence-electron chi connectivity index (χ0n) is 33.6. The Bertz CT molecular complexity index is 3670. The van der Waals surface area contributed by atoms with Gasteiger partial charge in [-0.05, 0) is 98.4 Å². The van der Waals surface area contributed by atoms with Crippen molar-refractivity contribution in [1.82, 2.24) is 0 Å². The summed E-state index contributed by atoms with van der Waals surface area (Å²) in [7, 11) is 0. The fourth-order valence-electron chi connectivity index (χ4n) is 10.5. The topological polar surface area (TPSA) is 16.4 Å². The highest BCUT2D eigenvalue weighted by Gasteiger charge is 2.46. The first-order valence-electron chi connectivity index (χ1n) is 21.2. The number of thiophene rings is 1. The molecule has 62 heavy (non-hydrogen) atoms. The highest BCUT2D eigenvalue weighted by atomic mass is 32.1. The van der Waals surface area contributed by atoms with Gasteiger partial charge in [-0.2, -0.15) is 0 Å². The Labute approximate surface area is 363 Å². The standard InChI is InChI=1S/C59H37NOS/c1-3-18-40(19-4-1)59(41-20-5-2-6-21-41)51-28-11-9-24-46(51)50-37-43(33-35-52(50)59)60(53-29-14-27-47-48-34-32-38-16-7-8-23-45(38)57(48)61-58(47)53)42-22-13-17-39(36-42)44-26-15-31-55-56(44)49-25-10-12-30-54(49)62-55/h1-37H. The molecule has 1 aliphatic carbocycles. The van der Waals surface area contributed by atoms with E-state index in [1.165, 1.54) is 64.7 Å². The molecule has 290 valence electrons. The molecular formula is C59H37NOS. The molecule has 2 heterocycles. The molecule has 3 heteroatoms. The normalized spacial score (nSPS) is 13.0. The van der Waals surface area contributed by atoms with Gasteiger partial charge >= 0.3 is 0 Å². The maximum Gasteiger partial charge on any atom is 0.159 e. The average molecular weight is 808 g/mol. The summed E-state index contributed by atoms with van der Waals surface area (Å²) in [5.41, 5.74) is 14.3. The molecule has 2 nitrogen and oxygen atoms in total. The predicted octanol–water partition coefficient (Wildman–Crippen LogP) is 16.6. The second kappa shape index (κ2) is 13.7. The Morgan fingerprint density at radius 2 is 1.02 bits per heavy atom. The lowest BCUT2D eigenvalue weighted by Gasteiger charge is -2.34. The van der Waals surface area contributed by atoms with Crippen molar-refractivity contribution in [2.45, 2.75) is 5.41 Å². The Kier molecular flexibility index (Phi) is 7.72. The summed E-state index contributed by atoms with van der Waals surface area (Å²) < 4.78 is 9.69. The fourth-order valence-corrected chi connectivity index (χ4v) is 11.7. The van der Waals surface area contributed by atoms with Crippen LogP contribution in [0.4, 0.5) is 17.1 Å². The van der Waals surface area contributed by atoms with Crippen molar-refractivity contribution in [3.05, 3.63) is 247 Å². The van der Waals surface area contributed by atoms with E-state index >= 15 is 0 Å². The van der Waals surface area contributed by atoms with E-state index in [4.69, 9.17) is 4.42 Å². The third kappa shape index (κ3) is 5.03. The minimum absolute atomic E-state index is 0.487. The first-order valence-corrected chi connectivity index (χ1v) is 22.1. The van der Waals surface area contributed by atoms with Crippen LogP contribution in [0.5, 0.6) is 0 Å². The van der Waals surface area contributed by atoms with E-state index in [0.717, 1.165) is 49.8 Å². The molecule has 0 aliphatic heterocycles. The average Bonchev–Trinajstić information content (AvgIpc) is 4.01. The van der Waals surface area contributed by atoms with Crippen LogP contribution >= 0.6 is 11.3 Å². The van der Waals surface area contributed by atoms with Gasteiger partial charge in [0.1, 0.15) is 5.58 Å². The molecule has 0 saturated heterocycles. The van der Waals surface area contributed by atoms with Gasteiger partial charge in [-0.15, -0.1) is 11.3 Å². The van der Waals surface area contributed by atoms with E-state index in [-0.39, 0.29) is 0 Å². The predicted molar refractivity (Wildman–Crippen MR) is 262 cm³/mol. The molecule has 0 bridgehead atoms.